The van der Waals surface area contributed by atoms with Gasteiger partial charge in [0.2, 0.25) is 0 Å². The zero-order valence-corrected chi connectivity index (χ0v) is 11.1. The lowest BCUT2D eigenvalue weighted by atomic mass is 10.0. The number of hydrogen-bond donors (Lipinski definition) is 1. The van der Waals surface area contributed by atoms with Gasteiger partial charge in [0, 0.05) is 18.4 Å². The predicted molar refractivity (Wildman–Crippen MR) is 76.6 cm³/mol. The van der Waals surface area contributed by atoms with E-state index in [2.05, 4.69) is 34.1 Å². The number of para-hydroxylation sites is 1. The number of nitrogens with zero attached hydrogens (tertiary/aromatic N) is 2. The first-order valence-electron chi connectivity index (χ1n) is 6.75. The molecule has 3 heteroatoms. The number of rotatable bonds is 2. The third-order valence-corrected chi connectivity index (χ3v) is 3.64. The first kappa shape index (κ1) is 12.2. The van der Waals surface area contributed by atoms with Gasteiger partial charge in [-0.15, -0.1) is 0 Å². The van der Waals surface area contributed by atoms with E-state index in [1.165, 1.54) is 11.3 Å². The molecule has 0 radical (unpaired) electrons. The molecule has 0 saturated heterocycles. The van der Waals surface area contributed by atoms with Crippen LogP contribution >= 0.6 is 0 Å². The highest BCUT2D eigenvalue weighted by molar-refractivity contribution is 5.65. The SMILES string of the molecule is CC(O)c1ccnc(N2CCCc3ccccc32)c1. The summed E-state index contributed by atoms with van der Waals surface area (Å²) in [5.74, 6) is 0.922. The number of hydrogen-bond acceptors (Lipinski definition) is 3. The van der Waals surface area contributed by atoms with Gasteiger partial charge in [0.05, 0.1) is 6.10 Å². The lowest BCUT2D eigenvalue weighted by Gasteiger charge is -2.30. The van der Waals surface area contributed by atoms with E-state index < -0.39 is 6.10 Å². The van der Waals surface area contributed by atoms with Crippen LogP contribution in [0.25, 0.3) is 0 Å². The molecule has 3 rings (SSSR count). The number of anilines is 2. The highest BCUT2D eigenvalue weighted by Crippen LogP contribution is 2.32. The molecule has 1 aliphatic rings. The Balaban J connectivity index is 2.01. The van der Waals surface area contributed by atoms with Gasteiger partial charge in [-0.05, 0) is 49.1 Å². The van der Waals surface area contributed by atoms with Crippen molar-refractivity contribution in [1.82, 2.24) is 4.98 Å². The Hall–Kier alpha value is -1.87. The summed E-state index contributed by atoms with van der Waals surface area (Å²) in [6, 6.07) is 12.3. The maximum absolute atomic E-state index is 9.70. The molecule has 1 aromatic heterocycles. The third kappa shape index (κ3) is 2.34. The lowest BCUT2D eigenvalue weighted by molar-refractivity contribution is 0.199. The van der Waals surface area contributed by atoms with Crippen molar-refractivity contribution < 1.29 is 5.11 Å². The van der Waals surface area contributed by atoms with Crippen LogP contribution in [0.3, 0.4) is 0 Å². The molecule has 0 aliphatic carbocycles. The molecule has 1 aromatic carbocycles. The van der Waals surface area contributed by atoms with E-state index in [0.717, 1.165) is 30.8 Å². The van der Waals surface area contributed by atoms with Crippen molar-refractivity contribution in [2.24, 2.45) is 0 Å². The fourth-order valence-electron chi connectivity index (χ4n) is 2.61. The first-order valence-corrected chi connectivity index (χ1v) is 6.75. The summed E-state index contributed by atoms with van der Waals surface area (Å²) in [4.78, 5) is 6.70. The maximum Gasteiger partial charge on any atom is 0.133 e. The van der Waals surface area contributed by atoms with Crippen molar-refractivity contribution in [2.75, 3.05) is 11.4 Å². The molecule has 1 N–H and O–H groups in total. The number of benzene rings is 1. The van der Waals surface area contributed by atoms with Crippen LogP contribution in [0.15, 0.2) is 42.6 Å². The second-order valence-electron chi connectivity index (χ2n) is 5.01. The summed E-state index contributed by atoms with van der Waals surface area (Å²) in [7, 11) is 0. The number of aliphatic hydroxyl groups is 1. The van der Waals surface area contributed by atoms with Crippen LogP contribution in [0.5, 0.6) is 0 Å². The van der Waals surface area contributed by atoms with E-state index >= 15 is 0 Å². The van der Waals surface area contributed by atoms with Crippen LogP contribution in [0.4, 0.5) is 11.5 Å². The second kappa shape index (κ2) is 5.02. The van der Waals surface area contributed by atoms with E-state index in [1.54, 1.807) is 13.1 Å². The molecule has 0 saturated carbocycles. The molecule has 1 aliphatic heterocycles. The second-order valence-corrected chi connectivity index (χ2v) is 5.01. The largest absolute Gasteiger partial charge is 0.389 e. The highest BCUT2D eigenvalue weighted by atomic mass is 16.3. The normalized spacial score (nSPS) is 16.0. The van der Waals surface area contributed by atoms with Crippen LogP contribution < -0.4 is 4.90 Å². The van der Waals surface area contributed by atoms with E-state index in [9.17, 15) is 5.11 Å². The molecule has 98 valence electrons. The van der Waals surface area contributed by atoms with Gasteiger partial charge in [0.25, 0.3) is 0 Å². The van der Waals surface area contributed by atoms with Crippen molar-refractivity contribution >= 4 is 11.5 Å². The zero-order chi connectivity index (χ0) is 13.2. The summed E-state index contributed by atoms with van der Waals surface area (Å²) >= 11 is 0. The Morgan fingerprint density at radius 1 is 1.26 bits per heavy atom. The van der Waals surface area contributed by atoms with E-state index in [-0.39, 0.29) is 0 Å². The highest BCUT2D eigenvalue weighted by Gasteiger charge is 2.19. The fraction of sp³-hybridized carbons (Fsp3) is 0.312. The summed E-state index contributed by atoms with van der Waals surface area (Å²) in [5.41, 5.74) is 3.52. The van der Waals surface area contributed by atoms with Gasteiger partial charge in [0.1, 0.15) is 5.82 Å². The molecule has 2 aromatic rings. The summed E-state index contributed by atoms with van der Waals surface area (Å²) in [6.45, 7) is 2.76. The van der Waals surface area contributed by atoms with Crippen LogP contribution in [0.1, 0.15) is 30.6 Å². The van der Waals surface area contributed by atoms with Gasteiger partial charge in [-0.2, -0.15) is 0 Å². The van der Waals surface area contributed by atoms with Crippen LogP contribution in [0, 0.1) is 0 Å². The molecule has 0 fully saturated rings. The fourth-order valence-corrected chi connectivity index (χ4v) is 2.61. The Labute approximate surface area is 113 Å². The van der Waals surface area contributed by atoms with Crippen LogP contribution in [0.2, 0.25) is 0 Å². The van der Waals surface area contributed by atoms with E-state index in [0.29, 0.717) is 0 Å². The monoisotopic (exact) mass is 254 g/mol. The number of aliphatic hydroxyl groups excluding tert-OH is 1. The zero-order valence-electron chi connectivity index (χ0n) is 11.1. The minimum atomic E-state index is -0.457. The third-order valence-electron chi connectivity index (χ3n) is 3.64. The van der Waals surface area contributed by atoms with Crippen molar-refractivity contribution in [1.29, 1.82) is 0 Å². The summed E-state index contributed by atoms with van der Waals surface area (Å²) in [6.07, 6.45) is 3.58. The molecule has 1 unspecified atom stereocenters. The van der Waals surface area contributed by atoms with Gasteiger partial charge in [-0.25, -0.2) is 4.98 Å². The van der Waals surface area contributed by atoms with Crippen molar-refractivity contribution in [3.8, 4) is 0 Å². The van der Waals surface area contributed by atoms with E-state index in [4.69, 9.17) is 0 Å². The molecule has 0 spiro atoms. The smallest absolute Gasteiger partial charge is 0.133 e. The number of aromatic nitrogens is 1. The minimum absolute atomic E-state index is 0.457. The Morgan fingerprint density at radius 2 is 2.11 bits per heavy atom. The summed E-state index contributed by atoms with van der Waals surface area (Å²) in [5, 5.41) is 9.70. The van der Waals surface area contributed by atoms with Crippen molar-refractivity contribution in [3.05, 3.63) is 53.7 Å². The number of fused-ring (bicyclic) bond motifs is 1. The predicted octanol–water partition coefficient (Wildman–Crippen LogP) is 3.22. The molecule has 0 bridgehead atoms. The number of aryl methyl sites for hydroxylation is 1. The quantitative estimate of drug-likeness (QED) is 0.894. The Morgan fingerprint density at radius 3 is 2.95 bits per heavy atom. The van der Waals surface area contributed by atoms with Crippen LogP contribution in [-0.2, 0) is 6.42 Å². The van der Waals surface area contributed by atoms with Gasteiger partial charge in [-0.1, -0.05) is 18.2 Å². The first-order chi connectivity index (χ1) is 9.25. The minimum Gasteiger partial charge on any atom is -0.389 e. The summed E-state index contributed by atoms with van der Waals surface area (Å²) < 4.78 is 0. The van der Waals surface area contributed by atoms with E-state index in [1.807, 2.05) is 12.1 Å². The van der Waals surface area contributed by atoms with Gasteiger partial charge < -0.3 is 10.0 Å². The van der Waals surface area contributed by atoms with Gasteiger partial charge >= 0.3 is 0 Å². The molecule has 2 heterocycles. The van der Waals surface area contributed by atoms with Crippen molar-refractivity contribution in [3.63, 3.8) is 0 Å². The lowest BCUT2D eigenvalue weighted by Crippen LogP contribution is -2.25. The maximum atomic E-state index is 9.70. The topological polar surface area (TPSA) is 36.4 Å². The Bertz CT molecular complexity index is 580. The average molecular weight is 254 g/mol. The molecule has 0 amide bonds. The molecular formula is C16H18N2O. The van der Waals surface area contributed by atoms with Gasteiger partial charge in [-0.3, -0.25) is 0 Å². The number of pyridine rings is 1. The van der Waals surface area contributed by atoms with Crippen molar-refractivity contribution in [2.45, 2.75) is 25.9 Å². The Kier molecular flexibility index (Phi) is 3.22. The molecule has 1 atom stereocenters. The molecule has 19 heavy (non-hydrogen) atoms. The molecule has 3 nitrogen and oxygen atoms in total. The standard InChI is InChI=1S/C16H18N2O/c1-12(19)14-8-9-17-16(11-14)18-10-4-6-13-5-2-3-7-15(13)18/h2-3,5,7-9,11-12,19H,4,6,10H2,1H3. The molecular weight excluding hydrogens is 236 g/mol. The average Bonchev–Trinajstić information content (AvgIpc) is 2.47. The van der Waals surface area contributed by atoms with Gasteiger partial charge in [0.15, 0.2) is 0 Å². The van der Waals surface area contributed by atoms with Crippen LogP contribution in [-0.4, -0.2) is 16.6 Å².